The molecule has 0 saturated carbocycles. The molecule has 0 aromatic carbocycles. The maximum Gasteiger partial charge on any atom is 0.330 e. The highest BCUT2D eigenvalue weighted by atomic mass is 31.2. The summed E-state index contributed by atoms with van der Waals surface area (Å²) in [4.78, 5) is 13.5. The first-order chi connectivity index (χ1) is 7.33. The lowest BCUT2D eigenvalue weighted by atomic mass is 10.3. The molecule has 1 aromatic heterocycles. The Kier molecular flexibility index (Phi) is 4.08. The van der Waals surface area contributed by atoms with E-state index in [0.717, 1.165) is 0 Å². The number of nitrogens with zero attached hydrogens (tertiary/aromatic N) is 1. The third-order valence-electron chi connectivity index (χ3n) is 2.13. The van der Waals surface area contributed by atoms with Crippen LogP contribution >= 0.6 is 7.60 Å². The van der Waals surface area contributed by atoms with E-state index in [-0.39, 0.29) is 18.1 Å². The second-order valence-electron chi connectivity index (χ2n) is 3.85. The fourth-order valence-corrected chi connectivity index (χ4v) is 1.62. The van der Waals surface area contributed by atoms with Gasteiger partial charge in [-0.15, -0.1) is 0 Å². The molecule has 1 aromatic rings. The molecule has 1 atom stereocenters. The van der Waals surface area contributed by atoms with E-state index in [9.17, 15) is 14.6 Å². The summed E-state index contributed by atoms with van der Waals surface area (Å²) in [5.41, 5.74) is 0.517. The first-order valence-corrected chi connectivity index (χ1v) is 6.60. The first-order valence-electron chi connectivity index (χ1n) is 4.95. The zero-order valence-electron chi connectivity index (χ0n) is 9.54. The highest BCUT2D eigenvalue weighted by Crippen LogP contribution is 2.47. The van der Waals surface area contributed by atoms with Crippen LogP contribution in [0.4, 0.5) is 0 Å². The van der Waals surface area contributed by atoms with Gasteiger partial charge in [-0.05, 0) is 19.1 Å². The van der Waals surface area contributed by atoms with Crippen LogP contribution in [0.15, 0.2) is 12.1 Å². The molecule has 1 rings (SSSR count). The van der Waals surface area contributed by atoms with Gasteiger partial charge in [0.25, 0.3) is 0 Å². The van der Waals surface area contributed by atoms with Gasteiger partial charge in [0.05, 0.1) is 5.66 Å². The molecular formula is C10H16NO4P. The van der Waals surface area contributed by atoms with Crippen LogP contribution in [0.2, 0.25) is 0 Å². The minimum Gasteiger partial charge on any atom is -0.506 e. The summed E-state index contributed by atoms with van der Waals surface area (Å²) >= 11 is 0. The molecule has 0 amide bonds. The largest absolute Gasteiger partial charge is 0.506 e. The van der Waals surface area contributed by atoms with Crippen LogP contribution in [0.5, 0.6) is 5.75 Å². The molecule has 1 unspecified atom stereocenters. The quantitative estimate of drug-likeness (QED) is 0.795. The van der Waals surface area contributed by atoms with Crippen LogP contribution in [0.3, 0.4) is 0 Å². The average molecular weight is 245 g/mol. The van der Waals surface area contributed by atoms with Crippen molar-refractivity contribution in [1.82, 2.24) is 4.98 Å². The van der Waals surface area contributed by atoms with Gasteiger partial charge in [-0.1, -0.05) is 13.8 Å². The third kappa shape index (κ3) is 3.30. The molecule has 90 valence electrons. The molecule has 0 saturated heterocycles. The summed E-state index contributed by atoms with van der Waals surface area (Å²) < 4.78 is 16.4. The topological polar surface area (TPSA) is 79.7 Å². The van der Waals surface area contributed by atoms with Gasteiger partial charge in [-0.2, -0.15) is 0 Å². The molecular weight excluding hydrogens is 229 g/mol. The second-order valence-corrected chi connectivity index (χ2v) is 6.27. The summed E-state index contributed by atoms with van der Waals surface area (Å²) in [6.07, 6.45) is 0. The van der Waals surface area contributed by atoms with Crippen molar-refractivity contribution in [3.8, 4) is 5.75 Å². The molecule has 0 spiro atoms. The van der Waals surface area contributed by atoms with Gasteiger partial charge in [-0.25, -0.2) is 0 Å². The fraction of sp³-hybridized carbons (Fsp3) is 0.500. The van der Waals surface area contributed by atoms with Crippen molar-refractivity contribution in [2.24, 2.45) is 0 Å². The Bertz CT molecular complexity index is 419. The van der Waals surface area contributed by atoms with E-state index in [1.54, 1.807) is 26.8 Å². The Hall–Kier alpha value is -0.900. The smallest absolute Gasteiger partial charge is 0.330 e. The molecule has 0 radical (unpaired) electrons. The number of aromatic hydroxyl groups is 1. The fourth-order valence-electron chi connectivity index (χ4n) is 1.01. The van der Waals surface area contributed by atoms with Gasteiger partial charge in [0, 0.05) is 5.69 Å². The van der Waals surface area contributed by atoms with Crippen LogP contribution in [0.25, 0.3) is 0 Å². The molecule has 0 aliphatic carbocycles. The van der Waals surface area contributed by atoms with Gasteiger partial charge in [0.1, 0.15) is 18.1 Å². The van der Waals surface area contributed by atoms with E-state index in [2.05, 4.69) is 4.98 Å². The van der Waals surface area contributed by atoms with Crippen LogP contribution < -0.4 is 0 Å². The summed E-state index contributed by atoms with van der Waals surface area (Å²) in [5.74, 6) is -0.0330. The molecule has 1 heterocycles. The minimum atomic E-state index is -3.62. The minimum absolute atomic E-state index is 0.0330. The summed E-state index contributed by atoms with van der Waals surface area (Å²) in [5, 5.41) is 9.46. The van der Waals surface area contributed by atoms with Gasteiger partial charge in [0.2, 0.25) is 0 Å². The predicted molar refractivity (Wildman–Crippen MR) is 60.4 cm³/mol. The van der Waals surface area contributed by atoms with E-state index in [1.807, 2.05) is 0 Å². The lowest BCUT2D eigenvalue weighted by Gasteiger charge is -2.15. The molecule has 6 heteroatoms. The first kappa shape index (κ1) is 13.2. The Morgan fingerprint density at radius 1 is 1.50 bits per heavy atom. The maximum absolute atomic E-state index is 11.5. The number of hydrogen-bond acceptors (Lipinski definition) is 4. The van der Waals surface area contributed by atoms with E-state index < -0.39 is 13.3 Å². The molecule has 16 heavy (non-hydrogen) atoms. The van der Waals surface area contributed by atoms with Crippen molar-refractivity contribution in [3.05, 3.63) is 23.5 Å². The van der Waals surface area contributed by atoms with Crippen molar-refractivity contribution in [1.29, 1.82) is 0 Å². The van der Waals surface area contributed by atoms with Gasteiger partial charge in [0.15, 0.2) is 0 Å². The monoisotopic (exact) mass is 245 g/mol. The normalized spacial score (nSPS) is 15.1. The molecule has 2 N–H and O–H groups in total. The summed E-state index contributed by atoms with van der Waals surface area (Å²) in [7, 11) is -3.62. The lowest BCUT2D eigenvalue weighted by molar-refractivity contribution is 0.238. The molecule has 0 fully saturated rings. The zero-order valence-corrected chi connectivity index (χ0v) is 10.4. The number of aryl methyl sites for hydroxylation is 1. The van der Waals surface area contributed by atoms with E-state index in [4.69, 9.17) is 4.52 Å². The van der Waals surface area contributed by atoms with Crippen molar-refractivity contribution >= 4 is 7.60 Å². The number of aromatic nitrogens is 1. The molecule has 5 nitrogen and oxygen atoms in total. The Balaban J connectivity index is 2.75. The standard InChI is InChI=1S/C10H16NO4P/c1-7(2)16(13,14)15-6-9-10(12)5-4-8(3)11-9/h4-5,7,12H,6H2,1-3H3,(H,13,14). The predicted octanol–water partition coefficient (Wildman–Crippen LogP) is 2.21. The van der Waals surface area contributed by atoms with Crippen LogP contribution in [0.1, 0.15) is 25.2 Å². The zero-order chi connectivity index (χ0) is 12.3. The molecule has 0 aliphatic rings. The van der Waals surface area contributed by atoms with Crippen molar-refractivity contribution in [2.75, 3.05) is 0 Å². The second kappa shape index (κ2) is 4.95. The highest BCUT2D eigenvalue weighted by molar-refractivity contribution is 7.53. The van der Waals surface area contributed by atoms with E-state index in [0.29, 0.717) is 5.69 Å². The van der Waals surface area contributed by atoms with Crippen LogP contribution in [-0.2, 0) is 15.7 Å². The summed E-state index contributed by atoms with van der Waals surface area (Å²) in [6, 6.07) is 3.14. The van der Waals surface area contributed by atoms with Crippen molar-refractivity contribution in [2.45, 2.75) is 33.0 Å². The van der Waals surface area contributed by atoms with Crippen LogP contribution in [0, 0.1) is 6.92 Å². The number of rotatable bonds is 4. The van der Waals surface area contributed by atoms with Gasteiger partial charge < -0.3 is 14.5 Å². The maximum atomic E-state index is 11.5. The summed E-state index contributed by atoms with van der Waals surface area (Å²) in [6.45, 7) is 4.80. The Morgan fingerprint density at radius 2 is 2.12 bits per heavy atom. The number of hydrogen-bond donors (Lipinski definition) is 2. The van der Waals surface area contributed by atoms with Crippen molar-refractivity contribution < 1.29 is 19.1 Å². The Morgan fingerprint density at radius 3 is 2.69 bits per heavy atom. The van der Waals surface area contributed by atoms with E-state index >= 15 is 0 Å². The molecule has 0 aliphatic heterocycles. The average Bonchev–Trinajstić information content (AvgIpc) is 2.19. The number of pyridine rings is 1. The van der Waals surface area contributed by atoms with Crippen LogP contribution in [-0.4, -0.2) is 20.6 Å². The lowest BCUT2D eigenvalue weighted by Crippen LogP contribution is -2.03. The Labute approximate surface area is 94.6 Å². The highest BCUT2D eigenvalue weighted by Gasteiger charge is 2.25. The SMILES string of the molecule is Cc1ccc(O)c(COP(=O)(O)C(C)C)n1. The van der Waals surface area contributed by atoms with Crippen molar-refractivity contribution in [3.63, 3.8) is 0 Å². The van der Waals surface area contributed by atoms with Gasteiger partial charge in [-0.3, -0.25) is 9.55 Å². The van der Waals surface area contributed by atoms with Gasteiger partial charge >= 0.3 is 7.60 Å². The van der Waals surface area contributed by atoms with E-state index in [1.165, 1.54) is 6.07 Å². The third-order valence-corrected chi connectivity index (χ3v) is 3.93. The molecule has 0 bridgehead atoms.